The van der Waals surface area contributed by atoms with E-state index in [0.29, 0.717) is 5.75 Å². The zero-order valence-corrected chi connectivity index (χ0v) is 8.02. The van der Waals surface area contributed by atoms with Gasteiger partial charge in [-0.15, -0.1) is 0 Å². The van der Waals surface area contributed by atoms with Gasteiger partial charge < -0.3 is 15.6 Å². The molecule has 76 valence electrons. The Labute approximate surface area is 81.5 Å². The highest BCUT2D eigenvalue weighted by Crippen LogP contribution is 2.19. The molecular formula is C9H12N2O3. The van der Waals surface area contributed by atoms with E-state index in [-0.39, 0.29) is 5.82 Å². The molecule has 1 atom stereocenters. The van der Waals surface area contributed by atoms with Crippen LogP contribution in [0, 0.1) is 6.92 Å². The first kappa shape index (κ1) is 10.3. The Morgan fingerprint density at radius 3 is 2.79 bits per heavy atom. The van der Waals surface area contributed by atoms with Crippen LogP contribution < -0.4 is 10.5 Å². The maximum Gasteiger partial charge on any atom is 0.344 e. The molecule has 0 aromatic carbocycles. The Bertz CT molecular complexity index is 352. The minimum absolute atomic E-state index is 0.207. The summed E-state index contributed by atoms with van der Waals surface area (Å²) >= 11 is 0. The molecule has 0 spiro atoms. The van der Waals surface area contributed by atoms with Crippen molar-refractivity contribution >= 4 is 11.8 Å². The number of ether oxygens (including phenoxy) is 1. The third kappa shape index (κ3) is 2.35. The average Bonchev–Trinajstić information content (AvgIpc) is 2.09. The van der Waals surface area contributed by atoms with Crippen LogP contribution in [-0.2, 0) is 4.79 Å². The largest absolute Gasteiger partial charge is 0.479 e. The summed E-state index contributed by atoms with van der Waals surface area (Å²) in [6, 6.07) is 3.32. The van der Waals surface area contributed by atoms with E-state index in [0.717, 1.165) is 5.69 Å². The first-order valence-corrected chi connectivity index (χ1v) is 4.13. The number of carboxylic acid groups (broad SMARTS) is 1. The van der Waals surface area contributed by atoms with Crippen LogP contribution >= 0.6 is 0 Å². The van der Waals surface area contributed by atoms with Gasteiger partial charge in [-0.1, -0.05) is 0 Å². The van der Waals surface area contributed by atoms with E-state index < -0.39 is 12.1 Å². The molecule has 1 rings (SSSR count). The molecule has 5 heteroatoms. The molecule has 3 N–H and O–H groups in total. The Hall–Kier alpha value is -1.78. The fourth-order valence-electron chi connectivity index (χ4n) is 0.905. The zero-order valence-electron chi connectivity index (χ0n) is 8.02. The Morgan fingerprint density at radius 2 is 2.29 bits per heavy atom. The van der Waals surface area contributed by atoms with Crippen molar-refractivity contribution in [2.45, 2.75) is 20.0 Å². The topological polar surface area (TPSA) is 85.4 Å². The molecule has 0 bridgehead atoms. The predicted molar refractivity (Wildman–Crippen MR) is 51.1 cm³/mol. The SMILES string of the molecule is Cc1ccc(OC(C)C(=O)O)c(N)n1. The second-order valence-electron chi connectivity index (χ2n) is 2.93. The summed E-state index contributed by atoms with van der Waals surface area (Å²) in [5, 5.41) is 8.60. The average molecular weight is 196 g/mol. The van der Waals surface area contributed by atoms with E-state index in [4.69, 9.17) is 15.6 Å². The second kappa shape index (κ2) is 3.95. The number of nitrogens with zero attached hydrogens (tertiary/aromatic N) is 1. The number of aryl methyl sites for hydroxylation is 1. The molecule has 0 aliphatic heterocycles. The maximum atomic E-state index is 10.5. The van der Waals surface area contributed by atoms with Gasteiger partial charge in [0, 0.05) is 5.69 Å². The molecule has 1 aromatic rings. The first-order chi connectivity index (χ1) is 6.50. The third-order valence-electron chi connectivity index (χ3n) is 1.68. The van der Waals surface area contributed by atoms with Crippen LogP contribution in [0.3, 0.4) is 0 Å². The number of nitrogen functional groups attached to an aromatic ring is 1. The number of hydrogen-bond acceptors (Lipinski definition) is 4. The number of aliphatic carboxylic acids is 1. The van der Waals surface area contributed by atoms with Crippen molar-refractivity contribution in [3.05, 3.63) is 17.8 Å². The lowest BCUT2D eigenvalue weighted by atomic mass is 10.3. The minimum atomic E-state index is -1.04. The molecule has 0 amide bonds. The molecule has 1 heterocycles. The molecule has 0 aliphatic rings. The van der Waals surface area contributed by atoms with Crippen molar-refractivity contribution in [1.82, 2.24) is 4.98 Å². The number of pyridine rings is 1. The lowest BCUT2D eigenvalue weighted by Crippen LogP contribution is -2.23. The van der Waals surface area contributed by atoms with Gasteiger partial charge in [0.05, 0.1) is 0 Å². The van der Waals surface area contributed by atoms with Crippen LogP contribution in [0.25, 0.3) is 0 Å². The van der Waals surface area contributed by atoms with Crippen molar-refractivity contribution in [1.29, 1.82) is 0 Å². The van der Waals surface area contributed by atoms with Crippen molar-refractivity contribution in [2.24, 2.45) is 0 Å². The van der Waals surface area contributed by atoms with Crippen molar-refractivity contribution in [2.75, 3.05) is 5.73 Å². The van der Waals surface area contributed by atoms with E-state index in [1.165, 1.54) is 6.92 Å². The number of rotatable bonds is 3. The number of aromatic nitrogens is 1. The summed E-state index contributed by atoms with van der Waals surface area (Å²) in [7, 11) is 0. The van der Waals surface area contributed by atoms with E-state index >= 15 is 0 Å². The first-order valence-electron chi connectivity index (χ1n) is 4.13. The molecule has 1 unspecified atom stereocenters. The van der Waals surface area contributed by atoms with Gasteiger partial charge in [0.1, 0.15) is 0 Å². The molecular weight excluding hydrogens is 184 g/mol. The normalized spacial score (nSPS) is 12.1. The fraction of sp³-hybridized carbons (Fsp3) is 0.333. The smallest absolute Gasteiger partial charge is 0.344 e. The third-order valence-corrected chi connectivity index (χ3v) is 1.68. The summed E-state index contributed by atoms with van der Waals surface area (Å²) in [4.78, 5) is 14.4. The fourth-order valence-corrected chi connectivity index (χ4v) is 0.905. The minimum Gasteiger partial charge on any atom is -0.479 e. The molecule has 0 aliphatic carbocycles. The Morgan fingerprint density at radius 1 is 1.64 bits per heavy atom. The predicted octanol–water partition coefficient (Wildman–Crippen LogP) is 0.824. The summed E-state index contributed by atoms with van der Waals surface area (Å²) in [5.74, 6) is -0.534. The number of hydrogen-bond donors (Lipinski definition) is 2. The van der Waals surface area contributed by atoms with Crippen LogP contribution in [0.1, 0.15) is 12.6 Å². The molecule has 5 nitrogen and oxygen atoms in total. The van der Waals surface area contributed by atoms with Gasteiger partial charge in [0.15, 0.2) is 17.7 Å². The highest BCUT2D eigenvalue weighted by atomic mass is 16.5. The monoisotopic (exact) mass is 196 g/mol. The van der Waals surface area contributed by atoms with Gasteiger partial charge in [-0.05, 0) is 26.0 Å². The molecule has 0 radical (unpaired) electrons. The van der Waals surface area contributed by atoms with Crippen LogP contribution in [0.2, 0.25) is 0 Å². The van der Waals surface area contributed by atoms with Crippen LogP contribution in [0.4, 0.5) is 5.82 Å². The summed E-state index contributed by atoms with van der Waals surface area (Å²) in [6.45, 7) is 3.22. The Kier molecular flexibility index (Phi) is 2.91. The summed E-state index contributed by atoms with van der Waals surface area (Å²) < 4.78 is 5.07. The highest BCUT2D eigenvalue weighted by molar-refractivity contribution is 5.72. The molecule has 0 saturated carbocycles. The van der Waals surface area contributed by atoms with E-state index in [9.17, 15) is 4.79 Å². The van der Waals surface area contributed by atoms with Gasteiger partial charge in [0.25, 0.3) is 0 Å². The van der Waals surface area contributed by atoms with Crippen LogP contribution in [0.15, 0.2) is 12.1 Å². The lowest BCUT2D eigenvalue weighted by Gasteiger charge is -2.11. The van der Waals surface area contributed by atoms with Crippen molar-refractivity contribution < 1.29 is 14.6 Å². The second-order valence-corrected chi connectivity index (χ2v) is 2.93. The Balaban J connectivity index is 2.82. The van der Waals surface area contributed by atoms with E-state index in [1.54, 1.807) is 19.1 Å². The number of nitrogens with two attached hydrogens (primary N) is 1. The van der Waals surface area contributed by atoms with E-state index in [1.807, 2.05) is 0 Å². The van der Waals surface area contributed by atoms with Crippen LogP contribution in [-0.4, -0.2) is 22.2 Å². The molecule has 0 fully saturated rings. The summed E-state index contributed by atoms with van der Waals surface area (Å²) in [5.41, 5.74) is 6.30. The molecule has 0 saturated heterocycles. The molecule has 14 heavy (non-hydrogen) atoms. The number of carboxylic acids is 1. The van der Waals surface area contributed by atoms with Crippen LogP contribution in [0.5, 0.6) is 5.75 Å². The maximum absolute atomic E-state index is 10.5. The standard InChI is InChI=1S/C9H12N2O3/c1-5-3-4-7(8(10)11-5)14-6(2)9(12)13/h3-4,6H,1-2H3,(H2,10,11)(H,12,13). The van der Waals surface area contributed by atoms with Gasteiger partial charge in [-0.2, -0.15) is 0 Å². The quantitative estimate of drug-likeness (QED) is 0.747. The van der Waals surface area contributed by atoms with Gasteiger partial charge in [-0.25, -0.2) is 9.78 Å². The van der Waals surface area contributed by atoms with Crippen molar-refractivity contribution in [3.63, 3.8) is 0 Å². The van der Waals surface area contributed by atoms with E-state index in [2.05, 4.69) is 4.98 Å². The number of anilines is 1. The number of carbonyl (C=O) groups is 1. The lowest BCUT2D eigenvalue weighted by molar-refractivity contribution is -0.144. The molecule has 1 aromatic heterocycles. The van der Waals surface area contributed by atoms with Gasteiger partial charge in [-0.3, -0.25) is 0 Å². The zero-order chi connectivity index (χ0) is 10.7. The van der Waals surface area contributed by atoms with Gasteiger partial charge in [0.2, 0.25) is 0 Å². The highest BCUT2D eigenvalue weighted by Gasteiger charge is 2.14. The van der Waals surface area contributed by atoms with Crippen molar-refractivity contribution in [3.8, 4) is 5.75 Å². The summed E-state index contributed by atoms with van der Waals surface area (Å²) in [6.07, 6.45) is -0.929. The van der Waals surface area contributed by atoms with Gasteiger partial charge >= 0.3 is 5.97 Å².